The molecule has 1 heterocycles. The monoisotopic (exact) mass is 286 g/mol. The van der Waals surface area contributed by atoms with Crippen LogP contribution in [-0.4, -0.2) is 29.4 Å². The topological polar surface area (TPSA) is 46.3 Å². The van der Waals surface area contributed by atoms with Crippen molar-refractivity contribution in [2.75, 3.05) is 6.54 Å². The van der Waals surface area contributed by atoms with E-state index in [2.05, 4.69) is 36.1 Å². The summed E-state index contributed by atoms with van der Waals surface area (Å²) in [6.07, 6.45) is 4.38. The van der Waals surface area contributed by atoms with Gasteiger partial charge in [0, 0.05) is 24.5 Å². The summed E-state index contributed by atoms with van der Waals surface area (Å²) in [5.41, 5.74) is 8.75. The second-order valence-corrected chi connectivity index (χ2v) is 6.76. The van der Waals surface area contributed by atoms with Crippen LogP contribution in [0.2, 0.25) is 0 Å². The molecule has 3 nitrogen and oxygen atoms in total. The molecule has 1 aliphatic heterocycles. The molecule has 2 aliphatic rings. The molecule has 1 amide bonds. The molecule has 1 aromatic carbocycles. The van der Waals surface area contributed by atoms with Crippen molar-refractivity contribution in [3.05, 3.63) is 35.4 Å². The first-order chi connectivity index (χ1) is 10.1. The maximum Gasteiger partial charge on any atom is 0.226 e. The van der Waals surface area contributed by atoms with Gasteiger partial charge in [-0.05, 0) is 56.6 Å². The third kappa shape index (κ3) is 2.84. The lowest BCUT2D eigenvalue weighted by molar-refractivity contribution is -0.136. The van der Waals surface area contributed by atoms with E-state index in [1.54, 1.807) is 0 Å². The highest BCUT2D eigenvalue weighted by Crippen LogP contribution is 2.50. The zero-order chi connectivity index (χ0) is 15.0. The van der Waals surface area contributed by atoms with Crippen molar-refractivity contribution in [1.82, 2.24) is 4.90 Å². The Morgan fingerprint density at radius 2 is 2.10 bits per heavy atom. The Kier molecular flexibility index (Phi) is 4.03. The van der Waals surface area contributed by atoms with Crippen LogP contribution < -0.4 is 5.73 Å². The number of likely N-dealkylation sites (tertiary alicyclic amines) is 1. The summed E-state index contributed by atoms with van der Waals surface area (Å²) >= 11 is 0. The predicted molar refractivity (Wildman–Crippen MR) is 85.0 cm³/mol. The summed E-state index contributed by atoms with van der Waals surface area (Å²) in [6.45, 7) is 5.06. The van der Waals surface area contributed by atoms with Gasteiger partial charge in [-0.15, -0.1) is 0 Å². The highest BCUT2D eigenvalue weighted by atomic mass is 16.2. The fraction of sp³-hybridized carbons (Fsp3) is 0.611. The fourth-order valence-electron chi connectivity index (χ4n) is 3.81. The van der Waals surface area contributed by atoms with Gasteiger partial charge < -0.3 is 10.6 Å². The van der Waals surface area contributed by atoms with Crippen molar-refractivity contribution in [2.45, 2.75) is 57.5 Å². The van der Waals surface area contributed by atoms with E-state index >= 15 is 0 Å². The fourth-order valence-corrected chi connectivity index (χ4v) is 3.81. The van der Waals surface area contributed by atoms with Crippen LogP contribution >= 0.6 is 0 Å². The van der Waals surface area contributed by atoms with E-state index in [0.717, 1.165) is 25.8 Å². The molecule has 1 saturated heterocycles. The summed E-state index contributed by atoms with van der Waals surface area (Å²) < 4.78 is 0. The molecule has 0 unspecified atom stereocenters. The molecule has 114 valence electrons. The minimum Gasteiger partial charge on any atom is -0.338 e. The molecule has 1 aliphatic carbocycles. The summed E-state index contributed by atoms with van der Waals surface area (Å²) in [7, 11) is 0. The van der Waals surface area contributed by atoms with Crippen molar-refractivity contribution < 1.29 is 4.79 Å². The first kappa shape index (κ1) is 14.6. The van der Waals surface area contributed by atoms with Gasteiger partial charge in [0.25, 0.3) is 0 Å². The molecule has 1 aromatic rings. The van der Waals surface area contributed by atoms with Crippen molar-refractivity contribution in [2.24, 2.45) is 11.7 Å². The molecule has 4 atom stereocenters. The van der Waals surface area contributed by atoms with E-state index in [-0.39, 0.29) is 18.0 Å². The van der Waals surface area contributed by atoms with Gasteiger partial charge in [0.15, 0.2) is 0 Å². The third-order valence-corrected chi connectivity index (χ3v) is 5.13. The SMILES string of the molecule is Cc1ccccc1[C@@H]1C[C@@H]1C(=O)N1CCCC[C@@H]1[C@@H](C)N. The van der Waals surface area contributed by atoms with E-state index in [4.69, 9.17) is 5.73 Å². The molecule has 2 N–H and O–H groups in total. The lowest BCUT2D eigenvalue weighted by atomic mass is 9.96. The second kappa shape index (κ2) is 5.80. The van der Waals surface area contributed by atoms with Crippen LogP contribution in [0.1, 0.15) is 49.7 Å². The molecule has 3 heteroatoms. The van der Waals surface area contributed by atoms with Gasteiger partial charge in [0.1, 0.15) is 0 Å². The quantitative estimate of drug-likeness (QED) is 0.928. The Bertz CT molecular complexity index is 526. The lowest BCUT2D eigenvalue weighted by Crippen LogP contribution is -2.52. The highest BCUT2D eigenvalue weighted by Gasteiger charge is 2.47. The molecule has 0 radical (unpaired) electrons. The Balaban J connectivity index is 1.71. The number of hydrogen-bond acceptors (Lipinski definition) is 2. The van der Waals surface area contributed by atoms with Crippen LogP contribution in [0.15, 0.2) is 24.3 Å². The summed E-state index contributed by atoms with van der Waals surface area (Å²) in [6, 6.07) is 8.77. The maximum absolute atomic E-state index is 12.8. The summed E-state index contributed by atoms with van der Waals surface area (Å²) in [4.78, 5) is 14.9. The lowest BCUT2D eigenvalue weighted by Gasteiger charge is -2.38. The van der Waals surface area contributed by atoms with Gasteiger partial charge in [-0.1, -0.05) is 24.3 Å². The number of aryl methyl sites for hydroxylation is 1. The molecule has 21 heavy (non-hydrogen) atoms. The van der Waals surface area contributed by atoms with Gasteiger partial charge in [0.05, 0.1) is 0 Å². The van der Waals surface area contributed by atoms with Gasteiger partial charge in [-0.3, -0.25) is 4.79 Å². The van der Waals surface area contributed by atoms with Crippen LogP contribution in [0.4, 0.5) is 0 Å². The van der Waals surface area contributed by atoms with Gasteiger partial charge >= 0.3 is 0 Å². The van der Waals surface area contributed by atoms with Crippen LogP contribution in [0.25, 0.3) is 0 Å². The molecular weight excluding hydrogens is 260 g/mol. The number of rotatable bonds is 3. The Labute approximate surface area is 127 Å². The number of nitrogens with zero attached hydrogens (tertiary/aromatic N) is 1. The number of benzene rings is 1. The van der Waals surface area contributed by atoms with Crippen molar-refractivity contribution in [3.63, 3.8) is 0 Å². The minimum absolute atomic E-state index is 0.0740. The Hall–Kier alpha value is -1.35. The first-order valence-corrected chi connectivity index (χ1v) is 8.21. The summed E-state index contributed by atoms with van der Waals surface area (Å²) in [5, 5.41) is 0. The average molecular weight is 286 g/mol. The third-order valence-electron chi connectivity index (χ3n) is 5.13. The second-order valence-electron chi connectivity index (χ2n) is 6.76. The number of amides is 1. The van der Waals surface area contributed by atoms with Crippen LogP contribution in [0, 0.1) is 12.8 Å². The largest absolute Gasteiger partial charge is 0.338 e. The Morgan fingerprint density at radius 1 is 1.33 bits per heavy atom. The number of piperidine rings is 1. The van der Waals surface area contributed by atoms with Crippen molar-refractivity contribution >= 4 is 5.91 Å². The standard InChI is InChI=1S/C18H26N2O/c1-12-7-3-4-8-14(12)15-11-16(15)18(21)20-10-6-5-9-17(20)13(2)19/h3-4,7-8,13,15-17H,5-6,9-11,19H2,1-2H3/t13-,15+,16+,17-/m1/s1. The molecule has 1 saturated carbocycles. The van der Waals surface area contributed by atoms with E-state index in [9.17, 15) is 4.79 Å². The van der Waals surface area contributed by atoms with Crippen LogP contribution in [0.5, 0.6) is 0 Å². The number of carbonyl (C=O) groups excluding carboxylic acids is 1. The zero-order valence-electron chi connectivity index (χ0n) is 13.1. The minimum atomic E-state index is 0.0740. The molecular formula is C18H26N2O. The van der Waals surface area contributed by atoms with Gasteiger partial charge in [-0.2, -0.15) is 0 Å². The maximum atomic E-state index is 12.8. The van der Waals surface area contributed by atoms with Crippen LogP contribution in [0.3, 0.4) is 0 Å². The molecule has 0 aromatic heterocycles. The van der Waals surface area contributed by atoms with E-state index in [0.29, 0.717) is 11.8 Å². The Morgan fingerprint density at radius 3 is 2.81 bits per heavy atom. The van der Waals surface area contributed by atoms with Crippen LogP contribution in [-0.2, 0) is 4.79 Å². The van der Waals surface area contributed by atoms with Crippen molar-refractivity contribution in [1.29, 1.82) is 0 Å². The van der Waals surface area contributed by atoms with Crippen molar-refractivity contribution in [3.8, 4) is 0 Å². The highest BCUT2D eigenvalue weighted by molar-refractivity contribution is 5.83. The number of nitrogens with two attached hydrogens (primary N) is 1. The molecule has 2 fully saturated rings. The van der Waals surface area contributed by atoms with Gasteiger partial charge in [-0.25, -0.2) is 0 Å². The first-order valence-electron chi connectivity index (χ1n) is 8.21. The normalized spacial score (nSPS) is 30.0. The smallest absolute Gasteiger partial charge is 0.226 e. The molecule has 0 bridgehead atoms. The van der Waals surface area contributed by atoms with E-state index in [1.807, 2.05) is 6.92 Å². The van der Waals surface area contributed by atoms with E-state index in [1.165, 1.54) is 17.5 Å². The van der Waals surface area contributed by atoms with E-state index < -0.39 is 0 Å². The van der Waals surface area contributed by atoms with Gasteiger partial charge in [0.2, 0.25) is 5.91 Å². The molecule has 0 spiro atoms. The molecule has 3 rings (SSSR count). The zero-order valence-corrected chi connectivity index (χ0v) is 13.1. The average Bonchev–Trinajstić information content (AvgIpc) is 3.27. The summed E-state index contributed by atoms with van der Waals surface area (Å²) in [5.74, 6) is 0.949. The predicted octanol–water partition coefficient (Wildman–Crippen LogP) is 2.83. The number of hydrogen-bond donors (Lipinski definition) is 1. The number of carbonyl (C=O) groups is 1.